The summed E-state index contributed by atoms with van der Waals surface area (Å²) < 4.78 is 0. The number of likely N-dealkylation sites (N-methyl/N-ethyl adjacent to an activating group) is 1. The minimum atomic E-state index is -0.455. The van der Waals surface area contributed by atoms with Gasteiger partial charge in [-0.25, -0.2) is 0 Å². The highest BCUT2D eigenvalue weighted by Gasteiger charge is 2.25. The number of hydrogen-bond donors (Lipinski definition) is 2. The van der Waals surface area contributed by atoms with E-state index in [2.05, 4.69) is 0 Å². The first kappa shape index (κ1) is 14.0. The number of rotatable bonds is 5. The number of hydrogen-bond acceptors (Lipinski definition) is 3. The van der Waals surface area contributed by atoms with Gasteiger partial charge in [-0.1, -0.05) is 25.1 Å². The van der Waals surface area contributed by atoms with Gasteiger partial charge >= 0.3 is 0 Å². The number of para-hydroxylation sites is 1. The molecule has 1 atom stereocenters. The zero-order valence-corrected chi connectivity index (χ0v) is 11.1. The molecule has 0 saturated carbocycles. The van der Waals surface area contributed by atoms with Crippen molar-refractivity contribution in [2.75, 3.05) is 18.6 Å². The molecule has 17 heavy (non-hydrogen) atoms. The monoisotopic (exact) mass is 237 g/mol. The van der Waals surface area contributed by atoms with Crippen molar-refractivity contribution in [1.82, 2.24) is 0 Å². The van der Waals surface area contributed by atoms with Gasteiger partial charge < -0.3 is 15.1 Å². The first-order chi connectivity index (χ1) is 7.94. The van der Waals surface area contributed by atoms with Gasteiger partial charge in [-0.15, -0.1) is 0 Å². The van der Waals surface area contributed by atoms with Crippen molar-refractivity contribution in [2.24, 2.45) is 0 Å². The molecule has 0 saturated heterocycles. The highest BCUT2D eigenvalue weighted by molar-refractivity contribution is 5.55. The molecule has 0 fully saturated rings. The third-order valence-corrected chi connectivity index (χ3v) is 3.34. The van der Waals surface area contributed by atoms with Crippen LogP contribution in [0.5, 0.6) is 0 Å². The van der Waals surface area contributed by atoms with E-state index in [-0.39, 0.29) is 12.1 Å². The van der Waals surface area contributed by atoms with Gasteiger partial charge in [0.2, 0.25) is 0 Å². The third-order valence-electron chi connectivity index (χ3n) is 3.34. The number of aliphatic hydroxyl groups excluding tert-OH is 2. The summed E-state index contributed by atoms with van der Waals surface area (Å²) in [4.78, 5) is 2.02. The molecule has 0 bridgehead atoms. The van der Waals surface area contributed by atoms with E-state index in [9.17, 15) is 10.2 Å². The Kier molecular flexibility index (Phi) is 4.54. The largest absolute Gasteiger partial charge is 0.394 e. The van der Waals surface area contributed by atoms with E-state index in [4.69, 9.17) is 0 Å². The van der Waals surface area contributed by atoms with Crippen molar-refractivity contribution in [1.29, 1.82) is 0 Å². The summed E-state index contributed by atoms with van der Waals surface area (Å²) in [5, 5.41) is 19.4. The molecule has 3 nitrogen and oxygen atoms in total. The van der Waals surface area contributed by atoms with Gasteiger partial charge in [-0.05, 0) is 26.3 Å². The molecule has 3 heteroatoms. The summed E-state index contributed by atoms with van der Waals surface area (Å²) in [5.74, 6) is 0. The Hall–Kier alpha value is -1.06. The Morgan fingerprint density at radius 2 is 1.88 bits per heavy atom. The molecule has 1 aromatic carbocycles. The second-order valence-corrected chi connectivity index (χ2v) is 5.01. The van der Waals surface area contributed by atoms with E-state index in [0.29, 0.717) is 6.42 Å². The maximum atomic E-state index is 10.0. The maximum Gasteiger partial charge on any atom is 0.0807 e. The van der Waals surface area contributed by atoms with Crippen LogP contribution in [-0.2, 0) is 0 Å². The van der Waals surface area contributed by atoms with Crippen LogP contribution in [0, 0.1) is 0 Å². The van der Waals surface area contributed by atoms with Crippen LogP contribution in [0.4, 0.5) is 5.69 Å². The molecule has 0 aliphatic heterocycles. The molecule has 1 unspecified atom stereocenters. The Labute approximate surface area is 104 Å². The zero-order valence-electron chi connectivity index (χ0n) is 11.1. The van der Waals surface area contributed by atoms with Crippen LogP contribution < -0.4 is 4.90 Å². The molecule has 96 valence electrons. The molecular formula is C14H23NO2. The normalized spacial score (nSPS) is 13.5. The fourth-order valence-electron chi connectivity index (χ4n) is 1.73. The van der Waals surface area contributed by atoms with E-state index in [1.807, 2.05) is 57.0 Å². The van der Waals surface area contributed by atoms with E-state index < -0.39 is 6.10 Å². The molecule has 0 amide bonds. The van der Waals surface area contributed by atoms with Crippen LogP contribution >= 0.6 is 0 Å². The highest BCUT2D eigenvalue weighted by atomic mass is 16.3. The average molecular weight is 237 g/mol. The lowest BCUT2D eigenvalue weighted by atomic mass is 9.99. The van der Waals surface area contributed by atoms with Gasteiger partial charge in [0, 0.05) is 18.3 Å². The summed E-state index contributed by atoms with van der Waals surface area (Å²) in [6.07, 6.45) is 0.230. The van der Waals surface area contributed by atoms with Gasteiger partial charge in [-0.3, -0.25) is 0 Å². The second-order valence-electron chi connectivity index (χ2n) is 5.01. The molecular weight excluding hydrogens is 214 g/mol. The Bertz CT molecular complexity index is 363. The molecule has 0 radical (unpaired) electrons. The van der Waals surface area contributed by atoms with Gasteiger partial charge in [-0.2, -0.15) is 0 Å². The average Bonchev–Trinajstić information content (AvgIpc) is 2.36. The quantitative estimate of drug-likeness (QED) is 0.826. The lowest BCUT2D eigenvalue weighted by Crippen LogP contribution is -2.44. The van der Waals surface area contributed by atoms with Crippen molar-refractivity contribution in [3.8, 4) is 0 Å². The van der Waals surface area contributed by atoms with Crippen LogP contribution in [0.25, 0.3) is 0 Å². The first-order valence-electron chi connectivity index (χ1n) is 6.05. The molecule has 1 aromatic rings. The number of nitrogens with zero attached hydrogens (tertiary/aromatic N) is 1. The Morgan fingerprint density at radius 3 is 2.41 bits per heavy atom. The molecule has 2 N–H and O–H groups in total. The maximum absolute atomic E-state index is 10.0. The summed E-state index contributed by atoms with van der Waals surface area (Å²) in [6, 6.07) is 7.79. The molecule has 0 aromatic heterocycles. The highest BCUT2D eigenvalue weighted by Crippen LogP contribution is 2.31. The number of anilines is 1. The molecule has 0 spiro atoms. The fraction of sp³-hybridized carbons (Fsp3) is 0.571. The van der Waals surface area contributed by atoms with Crippen molar-refractivity contribution in [2.45, 2.75) is 38.8 Å². The van der Waals surface area contributed by atoms with Gasteiger partial charge in [0.05, 0.1) is 18.2 Å². The van der Waals surface area contributed by atoms with Crippen molar-refractivity contribution in [3.05, 3.63) is 29.8 Å². The van der Waals surface area contributed by atoms with E-state index in [0.717, 1.165) is 11.3 Å². The number of benzene rings is 1. The Balaban J connectivity index is 3.13. The smallest absolute Gasteiger partial charge is 0.0807 e. The molecule has 0 aliphatic carbocycles. The predicted octanol–water partition coefficient (Wildman–Crippen LogP) is 2.34. The SMILES string of the molecule is CCC(O)c1ccccc1N(C)C(C)(C)CO. The van der Waals surface area contributed by atoms with Crippen LogP contribution in [0.1, 0.15) is 38.9 Å². The second kappa shape index (κ2) is 5.52. The summed E-state index contributed by atoms with van der Waals surface area (Å²) in [6.45, 7) is 5.98. The molecule has 0 heterocycles. The lowest BCUT2D eigenvalue weighted by molar-refractivity contribution is 0.172. The summed E-state index contributed by atoms with van der Waals surface area (Å²) in [7, 11) is 1.94. The predicted molar refractivity (Wildman–Crippen MR) is 71.3 cm³/mol. The van der Waals surface area contributed by atoms with E-state index in [1.165, 1.54) is 0 Å². The summed E-state index contributed by atoms with van der Waals surface area (Å²) >= 11 is 0. The van der Waals surface area contributed by atoms with E-state index >= 15 is 0 Å². The topological polar surface area (TPSA) is 43.7 Å². The Morgan fingerprint density at radius 1 is 1.29 bits per heavy atom. The van der Waals surface area contributed by atoms with Crippen LogP contribution in [0.15, 0.2) is 24.3 Å². The number of aliphatic hydroxyl groups is 2. The van der Waals surface area contributed by atoms with Crippen molar-refractivity contribution < 1.29 is 10.2 Å². The van der Waals surface area contributed by atoms with Crippen LogP contribution in [0.2, 0.25) is 0 Å². The zero-order chi connectivity index (χ0) is 13.1. The molecule has 1 rings (SSSR count). The minimum Gasteiger partial charge on any atom is -0.394 e. The summed E-state index contributed by atoms with van der Waals surface area (Å²) in [5.41, 5.74) is 1.55. The van der Waals surface area contributed by atoms with E-state index in [1.54, 1.807) is 0 Å². The first-order valence-corrected chi connectivity index (χ1v) is 6.05. The van der Waals surface area contributed by atoms with Crippen molar-refractivity contribution in [3.63, 3.8) is 0 Å². The van der Waals surface area contributed by atoms with Gasteiger partial charge in [0.1, 0.15) is 0 Å². The molecule has 0 aliphatic rings. The fourth-order valence-corrected chi connectivity index (χ4v) is 1.73. The van der Waals surface area contributed by atoms with Crippen molar-refractivity contribution >= 4 is 5.69 Å². The lowest BCUT2D eigenvalue weighted by Gasteiger charge is -2.37. The van der Waals surface area contributed by atoms with Gasteiger partial charge in [0.25, 0.3) is 0 Å². The standard InChI is InChI=1S/C14H23NO2/c1-5-13(17)11-8-6-7-9-12(11)15(4)14(2,3)10-16/h6-9,13,16-17H,5,10H2,1-4H3. The third kappa shape index (κ3) is 2.99. The van der Waals surface area contributed by atoms with Crippen LogP contribution in [-0.4, -0.2) is 29.4 Å². The van der Waals surface area contributed by atoms with Crippen LogP contribution in [0.3, 0.4) is 0 Å². The van der Waals surface area contributed by atoms with Gasteiger partial charge in [0.15, 0.2) is 0 Å². The minimum absolute atomic E-state index is 0.0695.